The Morgan fingerprint density at radius 2 is 1.12 bits per heavy atom. The zero-order valence-corrected chi connectivity index (χ0v) is 13.5. The first-order chi connectivity index (χ1) is 12.2. The molecule has 0 spiro atoms. The van der Waals surface area contributed by atoms with Gasteiger partial charge in [-0.05, 0) is 24.3 Å². The van der Waals surface area contributed by atoms with Crippen molar-refractivity contribution in [1.29, 1.82) is 0 Å². The van der Waals surface area contributed by atoms with Crippen molar-refractivity contribution in [3.05, 3.63) is 84.7 Å². The molecule has 0 saturated heterocycles. The van der Waals surface area contributed by atoms with Crippen LogP contribution in [-0.4, -0.2) is 14.7 Å². The van der Waals surface area contributed by atoms with E-state index < -0.39 is 17.7 Å². The molecule has 2 aromatic rings. The van der Waals surface area contributed by atoms with Crippen molar-refractivity contribution in [2.75, 3.05) is 0 Å². The third kappa shape index (κ3) is 6.45. The largest absolute Gasteiger partial charge is 0.584 e. The maximum atomic E-state index is 11.8. The molecule has 136 valence electrons. The minimum absolute atomic E-state index is 0.108. The predicted octanol–water partition coefficient (Wildman–Crippen LogP) is 3.93. The first kappa shape index (κ1) is 20.4. The number of hydrogen-bond acceptors (Lipinski definition) is 7. The smallest absolute Gasteiger partial charge is 0.395 e. The Kier molecular flexibility index (Phi) is 7.05. The molecule has 0 unspecified atom stereocenters. The number of benzene rings is 2. The molecule has 0 bridgehead atoms. The van der Waals surface area contributed by atoms with Gasteiger partial charge < -0.3 is 20.1 Å². The van der Waals surface area contributed by atoms with Crippen LogP contribution >= 0.6 is 7.82 Å². The highest BCUT2D eigenvalue weighted by Gasteiger charge is 2.25. The Morgan fingerprint density at radius 1 is 0.846 bits per heavy atom. The molecule has 0 aliphatic carbocycles. The van der Waals surface area contributed by atoms with Crippen molar-refractivity contribution in [2.45, 2.75) is 0 Å². The molecule has 2 rings (SSSR count). The molecule has 26 heavy (non-hydrogen) atoms. The van der Waals surface area contributed by atoms with Crippen LogP contribution < -0.4 is 9.05 Å². The fraction of sp³-hybridized carbons (Fsp3) is 0. The molecule has 0 atom stereocenters. The van der Waals surface area contributed by atoms with E-state index in [0.717, 1.165) is 48.5 Å². The SMILES string of the molecule is O=[N+]([O-])c1ccc(OP(=O)(O)Oc2ccc([N+](=O)[O-])cc2)cc1.[N-]=[N+]=[N-]. The third-order valence-corrected chi connectivity index (χ3v) is 3.42. The van der Waals surface area contributed by atoms with E-state index in [9.17, 15) is 29.7 Å². The highest BCUT2D eigenvalue weighted by Crippen LogP contribution is 2.44. The molecule has 0 amide bonds. The van der Waals surface area contributed by atoms with Crippen molar-refractivity contribution >= 4 is 19.2 Å². The molecular weight excluding hydrogens is 373 g/mol. The second-order valence-electron chi connectivity index (χ2n) is 4.24. The Labute approximate surface area is 144 Å². The van der Waals surface area contributed by atoms with Crippen LogP contribution in [0.25, 0.3) is 16.0 Å². The minimum Gasteiger partial charge on any atom is -0.395 e. The summed E-state index contributed by atoms with van der Waals surface area (Å²) in [5.41, 5.74) is 13.1. The van der Waals surface area contributed by atoms with E-state index in [4.69, 9.17) is 20.1 Å². The van der Waals surface area contributed by atoms with Gasteiger partial charge in [-0.15, -0.1) is 0 Å². The van der Waals surface area contributed by atoms with Crippen LogP contribution in [0, 0.1) is 20.2 Å². The van der Waals surface area contributed by atoms with E-state index in [1.54, 1.807) is 0 Å². The van der Waals surface area contributed by atoms with Crippen molar-refractivity contribution in [2.24, 2.45) is 0 Å². The number of nitrogens with zero attached hydrogens (tertiary/aromatic N) is 5. The first-order valence-electron chi connectivity index (χ1n) is 6.38. The molecule has 0 saturated carbocycles. The van der Waals surface area contributed by atoms with Gasteiger partial charge in [0, 0.05) is 24.3 Å². The van der Waals surface area contributed by atoms with Crippen LogP contribution in [0.1, 0.15) is 0 Å². The summed E-state index contributed by atoms with van der Waals surface area (Å²) >= 11 is 0. The van der Waals surface area contributed by atoms with E-state index in [1.165, 1.54) is 4.91 Å². The Hall–Kier alpha value is -3.66. The van der Waals surface area contributed by atoms with Gasteiger partial charge in [-0.2, -0.15) is 0 Å². The van der Waals surface area contributed by atoms with Crippen LogP contribution in [0.4, 0.5) is 11.4 Å². The summed E-state index contributed by atoms with van der Waals surface area (Å²) in [5, 5.41) is 21.0. The van der Waals surface area contributed by atoms with Gasteiger partial charge in [-0.25, -0.2) is 4.57 Å². The Balaban J connectivity index is 0.00000105. The number of nitro benzene ring substituents is 2. The second kappa shape index (κ2) is 8.99. The van der Waals surface area contributed by atoms with Crippen LogP contribution in [0.5, 0.6) is 11.5 Å². The molecule has 0 fully saturated rings. The molecule has 0 aliphatic heterocycles. The average Bonchev–Trinajstić information content (AvgIpc) is 2.55. The van der Waals surface area contributed by atoms with Crippen LogP contribution in [0.2, 0.25) is 0 Å². The number of hydrogen-bond donors (Lipinski definition) is 1. The van der Waals surface area contributed by atoms with Crippen molar-refractivity contribution in [3.63, 3.8) is 0 Å². The van der Waals surface area contributed by atoms with E-state index in [1.807, 2.05) is 0 Å². The highest BCUT2D eigenvalue weighted by atomic mass is 31.2. The van der Waals surface area contributed by atoms with Gasteiger partial charge in [0.1, 0.15) is 11.5 Å². The first-order valence-corrected chi connectivity index (χ1v) is 7.87. The van der Waals surface area contributed by atoms with E-state index in [0.29, 0.717) is 0 Å². The fourth-order valence-electron chi connectivity index (χ4n) is 1.54. The van der Waals surface area contributed by atoms with Gasteiger partial charge in [0.05, 0.1) is 9.85 Å². The summed E-state index contributed by atoms with van der Waals surface area (Å²) in [6.45, 7) is 0. The monoisotopic (exact) mass is 382 g/mol. The van der Waals surface area contributed by atoms with Crippen LogP contribution in [-0.2, 0) is 4.57 Å². The number of non-ortho nitro benzene ring substituents is 2. The fourth-order valence-corrected chi connectivity index (χ4v) is 2.36. The van der Waals surface area contributed by atoms with E-state index in [-0.39, 0.29) is 22.9 Å². The summed E-state index contributed by atoms with van der Waals surface area (Å²) in [4.78, 5) is 30.9. The zero-order valence-electron chi connectivity index (χ0n) is 12.6. The average molecular weight is 382 g/mol. The molecule has 0 radical (unpaired) electrons. The topological polar surface area (TPSA) is 201 Å². The lowest BCUT2D eigenvalue weighted by Crippen LogP contribution is -2.00. The molecular formula is C12H9N5O8P-. The molecule has 2 aromatic carbocycles. The van der Waals surface area contributed by atoms with E-state index in [2.05, 4.69) is 0 Å². The van der Waals surface area contributed by atoms with Crippen molar-refractivity contribution in [1.82, 2.24) is 0 Å². The van der Waals surface area contributed by atoms with Crippen LogP contribution in [0.15, 0.2) is 48.5 Å². The summed E-state index contributed by atoms with van der Waals surface area (Å²) in [6.07, 6.45) is 0. The Morgan fingerprint density at radius 3 is 1.35 bits per heavy atom. The number of phosphoric ester groups is 1. The molecule has 1 N–H and O–H groups in total. The van der Waals surface area contributed by atoms with Gasteiger partial charge >= 0.3 is 7.82 Å². The summed E-state index contributed by atoms with van der Waals surface area (Å²) in [5.74, 6) is -0.216. The quantitative estimate of drug-likeness (QED) is 0.193. The van der Waals surface area contributed by atoms with Gasteiger partial charge in [-0.1, -0.05) is 0 Å². The molecule has 0 heterocycles. The van der Waals surface area contributed by atoms with Gasteiger partial charge in [0.15, 0.2) is 0 Å². The second-order valence-corrected chi connectivity index (χ2v) is 5.54. The normalized spacial score (nSPS) is 9.88. The lowest BCUT2D eigenvalue weighted by Gasteiger charge is -2.13. The van der Waals surface area contributed by atoms with Gasteiger partial charge in [0.25, 0.3) is 11.4 Å². The number of rotatable bonds is 6. The van der Waals surface area contributed by atoms with Crippen molar-refractivity contribution in [3.8, 4) is 11.5 Å². The van der Waals surface area contributed by atoms with E-state index >= 15 is 0 Å². The lowest BCUT2D eigenvalue weighted by molar-refractivity contribution is -0.385. The van der Waals surface area contributed by atoms with Crippen LogP contribution in [0.3, 0.4) is 0 Å². The summed E-state index contributed by atoms with van der Waals surface area (Å²) in [7, 11) is -4.55. The number of phosphoric acid groups is 1. The Bertz CT molecular complexity index is 801. The number of nitro groups is 2. The molecule has 14 heteroatoms. The molecule has 13 nitrogen and oxygen atoms in total. The van der Waals surface area contributed by atoms with Gasteiger partial charge in [-0.3, -0.25) is 30.0 Å². The van der Waals surface area contributed by atoms with Gasteiger partial charge in [0.2, 0.25) is 0 Å². The lowest BCUT2D eigenvalue weighted by atomic mass is 10.3. The predicted molar refractivity (Wildman–Crippen MR) is 87.4 cm³/mol. The highest BCUT2D eigenvalue weighted by molar-refractivity contribution is 7.48. The molecule has 0 aromatic heterocycles. The molecule has 0 aliphatic rings. The zero-order chi connectivity index (χ0) is 19.7. The summed E-state index contributed by atoms with van der Waals surface area (Å²) in [6, 6.07) is 8.95. The van der Waals surface area contributed by atoms with Crippen molar-refractivity contribution < 1.29 is 28.4 Å². The minimum atomic E-state index is -4.55. The maximum absolute atomic E-state index is 11.8. The summed E-state index contributed by atoms with van der Waals surface area (Å²) < 4.78 is 21.3. The standard InChI is InChI=1S/C12H9N2O8P.N3/c15-13(16)9-1-5-11(6-2-9)21-23(19,20)22-12-7-3-10(4-8-12)14(17)18;1-3-2/h1-8H,(H,19,20);/q;-1. The third-order valence-electron chi connectivity index (χ3n) is 2.54. The maximum Gasteiger partial charge on any atom is 0.584 e.